The highest BCUT2D eigenvalue weighted by atomic mass is 16.5. The molecule has 3 aliphatic heterocycles. The lowest BCUT2D eigenvalue weighted by atomic mass is 9.82. The molecule has 3 heterocycles. The lowest BCUT2D eigenvalue weighted by Crippen LogP contribution is -2.60. The Labute approximate surface area is 125 Å². The lowest BCUT2D eigenvalue weighted by Gasteiger charge is -2.43. The van der Waals surface area contributed by atoms with Crippen LogP contribution in [-0.2, 0) is 9.53 Å². The highest BCUT2D eigenvalue weighted by Gasteiger charge is 2.61. The largest absolute Gasteiger partial charge is 0.383 e. The van der Waals surface area contributed by atoms with Crippen LogP contribution in [0.5, 0.6) is 0 Å². The van der Waals surface area contributed by atoms with Crippen molar-refractivity contribution in [2.75, 3.05) is 20.3 Å². The van der Waals surface area contributed by atoms with Gasteiger partial charge in [-0.25, -0.2) is 4.79 Å². The number of rotatable bonds is 4. The molecule has 0 aromatic rings. The maximum Gasteiger partial charge on any atom is 0.327 e. The van der Waals surface area contributed by atoms with Crippen molar-refractivity contribution in [3.63, 3.8) is 0 Å². The molecule has 3 fully saturated rings. The highest BCUT2D eigenvalue weighted by molar-refractivity contribution is 6.07. The number of amides is 3. The molecule has 6 nitrogen and oxygen atoms in total. The quantitative estimate of drug-likeness (QED) is 0.785. The van der Waals surface area contributed by atoms with Crippen LogP contribution in [0.15, 0.2) is 0 Å². The van der Waals surface area contributed by atoms with Crippen LogP contribution < -0.4 is 5.32 Å². The molecule has 2 atom stereocenters. The maximum absolute atomic E-state index is 13.0. The van der Waals surface area contributed by atoms with E-state index in [1.165, 1.54) is 4.90 Å². The fraction of sp³-hybridized carbons (Fsp3) is 0.867. The second-order valence-electron chi connectivity index (χ2n) is 6.77. The van der Waals surface area contributed by atoms with Gasteiger partial charge in [0, 0.05) is 25.2 Å². The smallest absolute Gasteiger partial charge is 0.327 e. The number of urea groups is 1. The summed E-state index contributed by atoms with van der Waals surface area (Å²) < 4.78 is 5.05. The molecule has 3 amide bonds. The van der Waals surface area contributed by atoms with Crippen molar-refractivity contribution in [2.24, 2.45) is 0 Å². The second-order valence-corrected chi connectivity index (χ2v) is 6.77. The molecular formula is C15H25N3O3. The first-order valence-corrected chi connectivity index (χ1v) is 7.90. The summed E-state index contributed by atoms with van der Waals surface area (Å²) in [6.45, 7) is 4.74. The van der Waals surface area contributed by atoms with E-state index in [1.54, 1.807) is 7.11 Å². The van der Waals surface area contributed by atoms with E-state index >= 15 is 0 Å². The van der Waals surface area contributed by atoms with Crippen LogP contribution in [0.1, 0.15) is 39.5 Å². The number of hydrogen-bond donors (Lipinski definition) is 1. The van der Waals surface area contributed by atoms with Crippen molar-refractivity contribution in [1.82, 2.24) is 15.1 Å². The third-order valence-electron chi connectivity index (χ3n) is 5.08. The van der Waals surface area contributed by atoms with Gasteiger partial charge >= 0.3 is 6.03 Å². The number of piperidine rings is 1. The molecule has 3 saturated heterocycles. The monoisotopic (exact) mass is 295 g/mol. The van der Waals surface area contributed by atoms with Crippen LogP contribution in [0.2, 0.25) is 0 Å². The van der Waals surface area contributed by atoms with E-state index in [4.69, 9.17) is 4.74 Å². The minimum Gasteiger partial charge on any atom is -0.383 e. The van der Waals surface area contributed by atoms with Gasteiger partial charge in [-0.05, 0) is 39.5 Å². The van der Waals surface area contributed by atoms with Crippen molar-refractivity contribution in [2.45, 2.75) is 63.2 Å². The SMILES string of the molecule is COCCN1C(=O)N(C(C)C)C2(CC3CCC(C2)N3)C1=O. The lowest BCUT2D eigenvalue weighted by molar-refractivity contribution is -0.136. The van der Waals surface area contributed by atoms with Gasteiger partial charge in [-0.2, -0.15) is 0 Å². The zero-order valence-corrected chi connectivity index (χ0v) is 13.1. The molecule has 118 valence electrons. The van der Waals surface area contributed by atoms with Gasteiger partial charge < -0.3 is 15.0 Å². The van der Waals surface area contributed by atoms with Crippen LogP contribution >= 0.6 is 0 Å². The summed E-state index contributed by atoms with van der Waals surface area (Å²) in [6, 6.07) is 0.619. The summed E-state index contributed by atoms with van der Waals surface area (Å²) in [5.74, 6) is -0.0170. The predicted molar refractivity (Wildman–Crippen MR) is 77.9 cm³/mol. The van der Waals surface area contributed by atoms with Gasteiger partial charge in [0.2, 0.25) is 0 Å². The van der Waals surface area contributed by atoms with Crippen LogP contribution in [0.3, 0.4) is 0 Å². The van der Waals surface area contributed by atoms with Crippen LogP contribution in [-0.4, -0.2) is 65.7 Å². The second kappa shape index (κ2) is 5.25. The molecule has 0 aliphatic carbocycles. The molecule has 21 heavy (non-hydrogen) atoms. The Balaban J connectivity index is 1.93. The van der Waals surface area contributed by atoms with E-state index in [0.717, 1.165) is 25.7 Å². The van der Waals surface area contributed by atoms with E-state index in [1.807, 2.05) is 18.7 Å². The summed E-state index contributed by atoms with van der Waals surface area (Å²) in [6.07, 6.45) is 3.71. The van der Waals surface area contributed by atoms with Crippen molar-refractivity contribution >= 4 is 11.9 Å². The Bertz CT molecular complexity index is 439. The van der Waals surface area contributed by atoms with Crippen LogP contribution in [0.4, 0.5) is 4.79 Å². The fourth-order valence-electron chi connectivity index (χ4n) is 4.34. The van der Waals surface area contributed by atoms with E-state index in [2.05, 4.69) is 5.32 Å². The summed E-state index contributed by atoms with van der Waals surface area (Å²) in [7, 11) is 1.59. The first-order valence-electron chi connectivity index (χ1n) is 7.90. The molecule has 2 unspecified atom stereocenters. The zero-order valence-electron chi connectivity index (χ0n) is 13.1. The van der Waals surface area contributed by atoms with Crippen LogP contribution in [0.25, 0.3) is 0 Å². The zero-order chi connectivity index (χ0) is 15.2. The number of hydrogen-bond acceptors (Lipinski definition) is 4. The first-order chi connectivity index (χ1) is 9.99. The minimum absolute atomic E-state index is 0.0170. The Morgan fingerprint density at radius 1 is 1.29 bits per heavy atom. The van der Waals surface area contributed by atoms with E-state index in [-0.39, 0.29) is 18.0 Å². The molecule has 2 bridgehead atoms. The number of methoxy groups -OCH3 is 1. The fourth-order valence-corrected chi connectivity index (χ4v) is 4.34. The van der Waals surface area contributed by atoms with Gasteiger partial charge in [0.1, 0.15) is 5.54 Å². The van der Waals surface area contributed by atoms with Crippen LogP contribution in [0, 0.1) is 0 Å². The third kappa shape index (κ3) is 2.16. The first kappa shape index (κ1) is 14.8. The summed E-state index contributed by atoms with van der Waals surface area (Å²) in [5, 5.41) is 3.56. The average molecular weight is 295 g/mol. The van der Waals surface area contributed by atoms with E-state index in [9.17, 15) is 9.59 Å². The maximum atomic E-state index is 13.0. The predicted octanol–water partition coefficient (Wildman–Crippen LogP) is 0.959. The summed E-state index contributed by atoms with van der Waals surface area (Å²) >= 11 is 0. The number of ether oxygens (including phenoxy) is 1. The average Bonchev–Trinajstić information content (AvgIpc) is 2.86. The normalized spacial score (nSPS) is 35.6. The van der Waals surface area contributed by atoms with Gasteiger partial charge in [0.05, 0.1) is 13.2 Å². The molecule has 1 N–H and O–H groups in total. The highest BCUT2D eigenvalue weighted by Crippen LogP contribution is 2.44. The van der Waals surface area contributed by atoms with Crippen molar-refractivity contribution < 1.29 is 14.3 Å². The Kier molecular flexibility index (Phi) is 3.69. The third-order valence-corrected chi connectivity index (χ3v) is 5.08. The molecule has 3 aliphatic rings. The standard InChI is InChI=1S/C15H25N3O3/c1-10(2)18-14(20)17(6-7-21-3)13(19)15(18)8-11-4-5-12(9-15)16-11/h10-12,16H,4-9H2,1-3H3. The summed E-state index contributed by atoms with van der Waals surface area (Å²) in [4.78, 5) is 29.0. The number of nitrogens with zero attached hydrogens (tertiary/aromatic N) is 2. The van der Waals surface area contributed by atoms with Crippen molar-refractivity contribution in [3.05, 3.63) is 0 Å². The number of imide groups is 1. The number of carbonyl (C=O) groups is 2. The van der Waals surface area contributed by atoms with E-state index in [0.29, 0.717) is 25.2 Å². The van der Waals surface area contributed by atoms with Gasteiger partial charge in [0.15, 0.2) is 0 Å². The number of carbonyl (C=O) groups excluding carboxylic acids is 2. The molecule has 6 heteroatoms. The van der Waals surface area contributed by atoms with E-state index < -0.39 is 5.54 Å². The van der Waals surface area contributed by atoms with Gasteiger partial charge in [-0.15, -0.1) is 0 Å². The summed E-state index contributed by atoms with van der Waals surface area (Å²) in [5.41, 5.74) is -0.629. The molecule has 1 spiro atoms. The van der Waals surface area contributed by atoms with Crippen molar-refractivity contribution in [1.29, 1.82) is 0 Å². The Morgan fingerprint density at radius 2 is 1.90 bits per heavy atom. The van der Waals surface area contributed by atoms with Gasteiger partial charge in [0.25, 0.3) is 5.91 Å². The number of fused-ring (bicyclic) bond motifs is 2. The van der Waals surface area contributed by atoms with Gasteiger partial charge in [-0.1, -0.05) is 0 Å². The topological polar surface area (TPSA) is 61.9 Å². The number of nitrogens with one attached hydrogen (secondary N) is 1. The van der Waals surface area contributed by atoms with Crippen molar-refractivity contribution in [3.8, 4) is 0 Å². The molecule has 0 radical (unpaired) electrons. The molecule has 0 aromatic carbocycles. The molecule has 3 rings (SSSR count). The molecule has 0 aromatic heterocycles. The van der Waals surface area contributed by atoms with Gasteiger partial charge in [-0.3, -0.25) is 9.69 Å². The molecule has 0 saturated carbocycles. The Hall–Kier alpha value is -1.14. The molecular weight excluding hydrogens is 270 g/mol. The Morgan fingerprint density at radius 3 is 2.43 bits per heavy atom. The minimum atomic E-state index is -0.629.